The number of hydrogen-bond acceptors (Lipinski definition) is 3. The Bertz CT molecular complexity index is 568. The molecule has 5 heteroatoms. The first-order valence-electron chi connectivity index (χ1n) is 4.96. The van der Waals surface area contributed by atoms with E-state index in [1.54, 1.807) is 17.7 Å². The van der Waals surface area contributed by atoms with E-state index in [0.717, 1.165) is 32.7 Å². The van der Waals surface area contributed by atoms with E-state index in [-0.39, 0.29) is 0 Å². The topological polar surface area (TPSA) is 29.9 Å². The second-order valence-electron chi connectivity index (χ2n) is 3.71. The molecule has 3 nitrogen and oxygen atoms in total. The first-order valence-corrected chi connectivity index (χ1v) is 6.15. The number of anilines is 1. The minimum atomic E-state index is 0.796. The van der Waals surface area contributed by atoms with Crippen LogP contribution < -0.4 is 5.32 Å². The third-order valence-corrected chi connectivity index (χ3v) is 4.13. The Hall–Kier alpha value is -1.26. The molecule has 0 amide bonds. The standard InChI is InChI=1S/C11H10ClN3S/c1-15-5-9(14-6-15)10-4-8-11(16-10)7(12)2-3-13-8/h2,4-6,13H,3H2,1H3. The summed E-state index contributed by atoms with van der Waals surface area (Å²) in [4.78, 5) is 6.59. The lowest BCUT2D eigenvalue weighted by molar-refractivity contribution is 0.913. The molecular weight excluding hydrogens is 242 g/mol. The van der Waals surface area contributed by atoms with Crippen LogP contribution in [0.4, 0.5) is 5.69 Å². The van der Waals surface area contributed by atoms with Gasteiger partial charge in [0.15, 0.2) is 0 Å². The number of imidazole rings is 1. The fourth-order valence-corrected chi connectivity index (χ4v) is 3.03. The number of fused-ring (bicyclic) bond motifs is 1. The number of thiophene rings is 1. The van der Waals surface area contributed by atoms with Crippen LogP contribution in [0.2, 0.25) is 0 Å². The summed E-state index contributed by atoms with van der Waals surface area (Å²) in [5.74, 6) is 0. The Balaban J connectivity index is 2.08. The van der Waals surface area contributed by atoms with Gasteiger partial charge in [0, 0.05) is 19.8 Å². The maximum atomic E-state index is 6.16. The molecule has 0 fully saturated rings. The molecule has 2 aromatic rings. The summed E-state index contributed by atoms with van der Waals surface area (Å²) in [6.45, 7) is 0.796. The van der Waals surface area contributed by atoms with E-state index in [1.807, 2.05) is 23.9 Å². The molecule has 0 radical (unpaired) electrons. The third-order valence-electron chi connectivity index (χ3n) is 2.48. The molecule has 3 heterocycles. The highest BCUT2D eigenvalue weighted by molar-refractivity contribution is 7.17. The summed E-state index contributed by atoms with van der Waals surface area (Å²) in [5.41, 5.74) is 2.10. The maximum absolute atomic E-state index is 6.16. The summed E-state index contributed by atoms with van der Waals surface area (Å²) in [7, 11) is 1.97. The van der Waals surface area contributed by atoms with E-state index in [9.17, 15) is 0 Å². The smallest absolute Gasteiger partial charge is 0.0982 e. The normalized spacial score (nSPS) is 14.2. The zero-order valence-corrected chi connectivity index (χ0v) is 10.3. The average Bonchev–Trinajstić information content (AvgIpc) is 2.84. The second kappa shape index (κ2) is 3.64. The Morgan fingerprint density at radius 2 is 2.44 bits per heavy atom. The number of nitrogens with one attached hydrogen (secondary N) is 1. The van der Waals surface area contributed by atoms with Crippen LogP contribution >= 0.6 is 22.9 Å². The van der Waals surface area contributed by atoms with Gasteiger partial charge in [0.1, 0.15) is 0 Å². The van der Waals surface area contributed by atoms with Gasteiger partial charge in [-0.3, -0.25) is 0 Å². The van der Waals surface area contributed by atoms with Crippen LogP contribution in [-0.4, -0.2) is 16.1 Å². The van der Waals surface area contributed by atoms with Gasteiger partial charge in [0.05, 0.1) is 32.5 Å². The van der Waals surface area contributed by atoms with E-state index in [0.29, 0.717) is 0 Å². The predicted octanol–water partition coefficient (Wildman–Crippen LogP) is 3.15. The van der Waals surface area contributed by atoms with Crippen molar-refractivity contribution < 1.29 is 0 Å². The van der Waals surface area contributed by atoms with Gasteiger partial charge in [-0.05, 0) is 12.1 Å². The van der Waals surface area contributed by atoms with Crippen molar-refractivity contribution >= 4 is 33.7 Å². The maximum Gasteiger partial charge on any atom is 0.0982 e. The van der Waals surface area contributed by atoms with Crippen LogP contribution in [0.5, 0.6) is 0 Å². The molecule has 0 bridgehead atoms. The fraction of sp³-hybridized carbons (Fsp3) is 0.182. The minimum absolute atomic E-state index is 0.796. The summed E-state index contributed by atoms with van der Waals surface area (Å²) in [6.07, 6.45) is 5.80. The lowest BCUT2D eigenvalue weighted by atomic mass is 10.2. The van der Waals surface area contributed by atoms with Gasteiger partial charge in [-0.15, -0.1) is 11.3 Å². The molecule has 0 aromatic carbocycles. The highest BCUT2D eigenvalue weighted by Gasteiger charge is 2.16. The van der Waals surface area contributed by atoms with Gasteiger partial charge in [0.25, 0.3) is 0 Å². The molecule has 16 heavy (non-hydrogen) atoms. The third kappa shape index (κ3) is 1.54. The van der Waals surface area contributed by atoms with Crippen LogP contribution in [0.1, 0.15) is 4.88 Å². The molecule has 1 aliphatic rings. The summed E-state index contributed by atoms with van der Waals surface area (Å²) in [6, 6.07) is 2.11. The van der Waals surface area contributed by atoms with Crippen molar-refractivity contribution in [3.05, 3.63) is 29.5 Å². The number of aromatic nitrogens is 2. The number of halogens is 1. The van der Waals surface area contributed by atoms with E-state index >= 15 is 0 Å². The van der Waals surface area contributed by atoms with E-state index in [4.69, 9.17) is 11.6 Å². The highest BCUT2D eigenvalue weighted by atomic mass is 35.5. The SMILES string of the molecule is Cn1cnc(-c2cc3c(s2)C(Cl)=CCN3)c1. The zero-order chi connectivity index (χ0) is 11.1. The summed E-state index contributed by atoms with van der Waals surface area (Å²) < 4.78 is 1.94. The van der Waals surface area contributed by atoms with Crippen molar-refractivity contribution in [2.75, 3.05) is 11.9 Å². The van der Waals surface area contributed by atoms with Crippen LogP contribution in [0.15, 0.2) is 24.7 Å². The van der Waals surface area contributed by atoms with Crippen molar-refractivity contribution in [1.82, 2.24) is 9.55 Å². The molecule has 82 valence electrons. The lowest BCUT2D eigenvalue weighted by Crippen LogP contribution is -2.02. The molecule has 0 aliphatic carbocycles. The van der Waals surface area contributed by atoms with Gasteiger partial charge in [-0.1, -0.05) is 11.6 Å². The molecule has 0 spiro atoms. The Morgan fingerprint density at radius 3 is 3.12 bits per heavy atom. The number of nitrogens with zero attached hydrogens (tertiary/aromatic N) is 2. The molecule has 0 saturated carbocycles. The minimum Gasteiger partial charge on any atom is -0.380 e. The van der Waals surface area contributed by atoms with E-state index in [2.05, 4.69) is 16.4 Å². The Labute approximate surface area is 102 Å². The second-order valence-corrected chi connectivity index (χ2v) is 5.17. The molecule has 3 rings (SSSR count). The first-order chi connectivity index (χ1) is 7.74. The van der Waals surface area contributed by atoms with Crippen LogP contribution in [0.3, 0.4) is 0 Å². The van der Waals surface area contributed by atoms with E-state index in [1.165, 1.54) is 0 Å². The average molecular weight is 252 g/mol. The van der Waals surface area contributed by atoms with Crippen molar-refractivity contribution in [3.8, 4) is 10.6 Å². The molecule has 0 atom stereocenters. The molecule has 0 saturated heterocycles. The van der Waals surface area contributed by atoms with Gasteiger partial charge < -0.3 is 9.88 Å². The molecular formula is C11H10ClN3S. The van der Waals surface area contributed by atoms with Crippen molar-refractivity contribution in [3.63, 3.8) is 0 Å². The Kier molecular flexibility index (Phi) is 2.26. The predicted molar refractivity (Wildman–Crippen MR) is 68.8 cm³/mol. The highest BCUT2D eigenvalue weighted by Crippen LogP contribution is 2.41. The Morgan fingerprint density at radius 1 is 1.56 bits per heavy atom. The van der Waals surface area contributed by atoms with E-state index < -0.39 is 0 Å². The van der Waals surface area contributed by atoms with Crippen molar-refractivity contribution in [1.29, 1.82) is 0 Å². The van der Waals surface area contributed by atoms with Crippen LogP contribution in [-0.2, 0) is 7.05 Å². The number of aryl methyl sites for hydroxylation is 1. The summed E-state index contributed by atoms with van der Waals surface area (Å²) in [5, 5.41) is 4.14. The number of hydrogen-bond donors (Lipinski definition) is 1. The van der Waals surface area contributed by atoms with Crippen LogP contribution in [0, 0.1) is 0 Å². The quantitative estimate of drug-likeness (QED) is 0.844. The van der Waals surface area contributed by atoms with Gasteiger partial charge in [-0.2, -0.15) is 0 Å². The molecule has 1 N–H and O–H groups in total. The van der Waals surface area contributed by atoms with Gasteiger partial charge in [0.2, 0.25) is 0 Å². The molecule has 0 unspecified atom stereocenters. The van der Waals surface area contributed by atoms with Crippen LogP contribution in [0.25, 0.3) is 15.6 Å². The molecule has 2 aromatic heterocycles. The number of rotatable bonds is 1. The van der Waals surface area contributed by atoms with Crippen molar-refractivity contribution in [2.24, 2.45) is 7.05 Å². The first kappa shape index (κ1) is 9.93. The van der Waals surface area contributed by atoms with Gasteiger partial charge >= 0.3 is 0 Å². The lowest BCUT2D eigenvalue weighted by Gasteiger charge is -2.09. The van der Waals surface area contributed by atoms with Crippen molar-refractivity contribution in [2.45, 2.75) is 0 Å². The molecule has 1 aliphatic heterocycles. The summed E-state index contributed by atoms with van der Waals surface area (Å²) >= 11 is 7.83. The zero-order valence-electron chi connectivity index (χ0n) is 8.70. The van der Waals surface area contributed by atoms with Gasteiger partial charge in [-0.25, -0.2) is 4.98 Å². The monoisotopic (exact) mass is 251 g/mol. The fourth-order valence-electron chi connectivity index (χ4n) is 1.71. The largest absolute Gasteiger partial charge is 0.380 e.